The van der Waals surface area contributed by atoms with E-state index in [0.29, 0.717) is 5.91 Å². The van der Waals surface area contributed by atoms with Crippen LogP contribution in [0.3, 0.4) is 0 Å². The maximum absolute atomic E-state index is 12.9. The third-order valence-corrected chi connectivity index (χ3v) is 7.05. The van der Waals surface area contributed by atoms with Crippen molar-refractivity contribution in [3.8, 4) is 0 Å². The van der Waals surface area contributed by atoms with Crippen LogP contribution in [-0.2, 0) is 10.2 Å². The summed E-state index contributed by atoms with van der Waals surface area (Å²) in [6.45, 7) is 11.0. The minimum absolute atomic E-state index is 0.0699. The van der Waals surface area contributed by atoms with Gasteiger partial charge in [0.25, 0.3) is 0 Å². The number of aromatic nitrogens is 3. The molecule has 1 amide bonds. The molecule has 1 N–H and O–H groups in total. The molecule has 1 unspecified atom stereocenters. The van der Waals surface area contributed by atoms with Gasteiger partial charge >= 0.3 is 0 Å². The summed E-state index contributed by atoms with van der Waals surface area (Å²) in [5.41, 5.74) is 2.55. The van der Waals surface area contributed by atoms with Crippen LogP contribution >= 0.6 is 0 Å². The molecule has 0 spiro atoms. The van der Waals surface area contributed by atoms with Gasteiger partial charge in [-0.3, -0.25) is 9.79 Å². The van der Waals surface area contributed by atoms with Gasteiger partial charge in [-0.2, -0.15) is 0 Å². The maximum Gasteiger partial charge on any atom is 0.227 e. The van der Waals surface area contributed by atoms with Crippen LogP contribution in [0.1, 0.15) is 44.3 Å². The Morgan fingerprint density at radius 2 is 2.00 bits per heavy atom. The molecule has 2 aromatic rings. The topological polar surface area (TPSA) is 77.5 Å². The third kappa shape index (κ3) is 3.56. The number of amides is 1. The van der Waals surface area contributed by atoms with Crippen molar-refractivity contribution in [1.29, 1.82) is 0 Å². The van der Waals surface area contributed by atoms with Crippen LogP contribution < -0.4 is 4.90 Å². The second-order valence-electron chi connectivity index (χ2n) is 9.00. The van der Waals surface area contributed by atoms with Gasteiger partial charge in [0, 0.05) is 32.4 Å². The Bertz CT molecular complexity index is 1040. The van der Waals surface area contributed by atoms with Gasteiger partial charge in [-0.25, -0.2) is 9.97 Å². The molecule has 3 aliphatic rings. The molecule has 2 aromatic heterocycles. The van der Waals surface area contributed by atoms with Crippen LogP contribution in [0, 0.1) is 5.92 Å². The van der Waals surface area contributed by atoms with Gasteiger partial charge in [-0.05, 0) is 62.9 Å². The number of hydrogen-bond acceptors (Lipinski definition) is 5. The van der Waals surface area contributed by atoms with Crippen LogP contribution in [0.15, 0.2) is 41.6 Å². The van der Waals surface area contributed by atoms with Crippen LogP contribution in [0.5, 0.6) is 0 Å². The highest BCUT2D eigenvalue weighted by molar-refractivity contribution is 5.80. The van der Waals surface area contributed by atoms with E-state index in [4.69, 9.17) is 9.97 Å². The number of rotatable bonds is 6. The Labute approximate surface area is 183 Å². The number of hydrogen-bond donors (Lipinski definition) is 1. The van der Waals surface area contributed by atoms with E-state index >= 15 is 0 Å². The number of imidazole rings is 1. The predicted octanol–water partition coefficient (Wildman–Crippen LogP) is 3.60. The molecule has 5 rings (SSSR count). The molecule has 31 heavy (non-hydrogen) atoms. The first-order chi connectivity index (χ1) is 15.1. The minimum atomic E-state index is -0.151. The summed E-state index contributed by atoms with van der Waals surface area (Å²) in [6.07, 6.45) is 9.90. The highest BCUT2D eigenvalue weighted by Gasteiger charge is 2.49. The van der Waals surface area contributed by atoms with Crippen molar-refractivity contribution in [2.45, 2.75) is 43.9 Å². The van der Waals surface area contributed by atoms with Crippen LogP contribution in [-0.4, -0.2) is 58.7 Å². The predicted molar refractivity (Wildman–Crippen MR) is 123 cm³/mol. The zero-order valence-electron chi connectivity index (χ0n) is 18.0. The largest absolute Gasteiger partial charge is 0.356 e. The number of allylic oxidation sites excluding steroid dienone is 2. The second-order valence-corrected chi connectivity index (χ2v) is 9.00. The fourth-order valence-corrected chi connectivity index (χ4v) is 5.13. The number of fused-ring (bicyclic) bond motifs is 1. The van der Waals surface area contributed by atoms with Crippen LogP contribution in [0.4, 0.5) is 5.82 Å². The SMILES string of the molecule is C=CC(=CN=C)C1(c2nc3nc(N4CCCC(C(=O)N5CCCC5)C4)ccc3[nH]2)CC1. The summed E-state index contributed by atoms with van der Waals surface area (Å²) in [6, 6.07) is 4.10. The van der Waals surface area contributed by atoms with E-state index in [1.165, 1.54) is 0 Å². The summed E-state index contributed by atoms with van der Waals surface area (Å²) < 4.78 is 0. The minimum Gasteiger partial charge on any atom is -0.356 e. The Hall–Kier alpha value is -2.96. The van der Waals surface area contributed by atoms with E-state index in [-0.39, 0.29) is 11.3 Å². The van der Waals surface area contributed by atoms with Crippen molar-refractivity contribution in [1.82, 2.24) is 19.9 Å². The van der Waals surface area contributed by atoms with E-state index < -0.39 is 0 Å². The maximum atomic E-state index is 12.9. The Balaban J connectivity index is 1.38. The zero-order chi connectivity index (χ0) is 21.4. The number of pyridine rings is 1. The average molecular weight is 419 g/mol. The van der Waals surface area contributed by atoms with E-state index in [9.17, 15) is 4.79 Å². The van der Waals surface area contributed by atoms with Crippen molar-refractivity contribution >= 4 is 29.6 Å². The molecule has 162 valence electrons. The normalized spacial score (nSPS) is 23.2. The Kier molecular flexibility index (Phi) is 5.12. The van der Waals surface area contributed by atoms with Crippen molar-refractivity contribution < 1.29 is 4.79 Å². The molecule has 1 aliphatic carbocycles. The van der Waals surface area contributed by atoms with Crippen LogP contribution in [0.25, 0.3) is 11.2 Å². The molecule has 3 fully saturated rings. The monoisotopic (exact) mass is 418 g/mol. The fraction of sp³-hybridized carbons (Fsp3) is 0.500. The number of nitrogens with one attached hydrogen (secondary N) is 1. The molecule has 0 bridgehead atoms. The number of aromatic amines is 1. The molecule has 4 heterocycles. The lowest BCUT2D eigenvalue weighted by Gasteiger charge is -2.34. The van der Waals surface area contributed by atoms with Crippen LogP contribution in [0.2, 0.25) is 0 Å². The van der Waals surface area contributed by atoms with Gasteiger partial charge in [0.05, 0.1) is 16.8 Å². The first-order valence-corrected chi connectivity index (χ1v) is 11.3. The highest BCUT2D eigenvalue weighted by Crippen LogP contribution is 2.53. The van der Waals surface area contributed by atoms with Crippen molar-refractivity contribution in [2.24, 2.45) is 10.9 Å². The molecule has 1 atom stereocenters. The Morgan fingerprint density at radius 1 is 1.19 bits per heavy atom. The van der Waals surface area contributed by atoms with E-state index in [2.05, 4.69) is 34.2 Å². The summed E-state index contributed by atoms with van der Waals surface area (Å²) in [5, 5.41) is 0. The number of anilines is 1. The van der Waals surface area contributed by atoms with Gasteiger partial charge < -0.3 is 14.8 Å². The summed E-state index contributed by atoms with van der Waals surface area (Å²) in [5.74, 6) is 2.21. The van der Waals surface area contributed by atoms with Gasteiger partial charge in [0.1, 0.15) is 11.6 Å². The number of aliphatic imine (C=N–C) groups is 1. The number of H-pyrrole nitrogens is 1. The smallest absolute Gasteiger partial charge is 0.227 e. The molecule has 2 saturated heterocycles. The molecule has 7 nitrogen and oxygen atoms in total. The standard InChI is InChI=1S/C24H30N6O/c1-3-18(15-25-2)24(10-11-24)23-26-19-8-9-20(27-21(19)28-23)30-14-6-7-17(16-30)22(31)29-12-4-5-13-29/h3,8-9,15,17H,1-2,4-7,10-14,16H2,(H,26,27,28). The van der Waals surface area contributed by atoms with E-state index in [1.807, 2.05) is 17.0 Å². The molecule has 1 saturated carbocycles. The van der Waals surface area contributed by atoms with E-state index in [0.717, 1.165) is 93.1 Å². The van der Waals surface area contributed by atoms with Gasteiger partial charge in [-0.15, -0.1) is 0 Å². The van der Waals surface area contributed by atoms with Crippen molar-refractivity contribution in [3.63, 3.8) is 0 Å². The zero-order valence-corrected chi connectivity index (χ0v) is 18.0. The summed E-state index contributed by atoms with van der Waals surface area (Å²) in [4.78, 5) is 34.3. The molecule has 0 radical (unpaired) electrons. The Morgan fingerprint density at radius 3 is 2.71 bits per heavy atom. The lowest BCUT2D eigenvalue weighted by Crippen LogP contribution is -2.44. The van der Waals surface area contributed by atoms with Crippen molar-refractivity contribution in [2.75, 3.05) is 31.1 Å². The quantitative estimate of drug-likeness (QED) is 0.574. The fourth-order valence-electron chi connectivity index (χ4n) is 5.13. The third-order valence-electron chi connectivity index (χ3n) is 7.05. The molecule has 2 aliphatic heterocycles. The molecule has 0 aromatic carbocycles. The average Bonchev–Trinajstić information content (AvgIpc) is 3.23. The number of nitrogens with zero attached hydrogens (tertiary/aromatic N) is 5. The lowest BCUT2D eigenvalue weighted by atomic mass is 9.96. The van der Waals surface area contributed by atoms with Crippen molar-refractivity contribution in [3.05, 3.63) is 42.4 Å². The van der Waals surface area contributed by atoms with E-state index in [1.54, 1.807) is 6.20 Å². The molecule has 7 heteroatoms. The number of carbonyl (C=O) groups excluding carboxylic acids is 1. The second kappa shape index (κ2) is 7.94. The summed E-state index contributed by atoms with van der Waals surface area (Å²) in [7, 11) is 0. The lowest BCUT2D eigenvalue weighted by molar-refractivity contribution is -0.134. The van der Waals surface area contributed by atoms with Gasteiger partial charge in [0.15, 0.2) is 5.65 Å². The molecular formula is C24H30N6O. The first kappa shape index (κ1) is 20.0. The van der Waals surface area contributed by atoms with Gasteiger partial charge in [0.2, 0.25) is 5.91 Å². The molecular weight excluding hydrogens is 388 g/mol. The van der Waals surface area contributed by atoms with Gasteiger partial charge in [-0.1, -0.05) is 12.7 Å². The number of likely N-dealkylation sites (tertiary alicyclic amines) is 1. The highest BCUT2D eigenvalue weighted by atomic mass is 16.2. The number of carbonyl (C=O) groups is 1. The summed E-state index contributed by atoms with van der Waals surface area (Å²) >= 11 is 0. The number of piperidine rings is 1. The first-order valence-electron chi connectivity index (χ1n) is 11.3.